The Balaban J connectivity index is 2.07. The summed E-state index contributed by atoms with van der Waals surface area (Å²) < 4.78 is 26.6. The largest absolute Gasteiger partial charge is 0.355 e. The molecular formula is C28H30Cl3N3O4S. The molecule has 0 fully saturated rings. The number of hydrogen-bond acceptors (Lipinski definition) is 4. The first kappa shape index (κ1) is 30.8. The topological polar surface area (TPSA) is 86.8 Å². The molecule has 3 rings (SSSR count). The molecule has 0 aliphatic carbocycles. The number of sulfonamides is 1. The predicted molar refractivity (Wildman–Crippen MR) is 158 cm³/mol. The molecule has 0 saturated carbocycles. The summed E-state index contributed by atoms with van der Waals surface area (Å²) in [6.45, 7) is 3.59. The monoisotopic (exact) mass is 609 g/mol. The first-order valence-electron chi connectivity index (χ1n) is 12.2. The van der Waals surface area contributed by atoms with Gasteiger partial charge in [0.25, 0.3) is 0 Å². The van der Waals surface area contributed by atoms with Crippen molar-refractivity contribution in [3.05, 3.63) is 98.5 Å². The normalized spacial score (nSPS) is 12.1. The Morgan fingerprint density at radius 2 is 1.51 bits per heavy atom. The molecule has 208 valence electrons. The van der Waals surface area contributed by atoms with E-state index < -0.39 is 28.5 Å². The molecule has 3 aromatic rings. The summed E-state index contributed by atoms with van der Waals surface area (Å²) in [5.74, 6) is -0.935. The van der Waals surface area contributed by atoms with Crippen molar-refractivity contribution >= 4 is 62.3 Å². The van der Waals surface area contributed by atoms with Gasteiger partial charge in [0.15, 0.2) is 0 Å². The van der Waals surface area contributed by atoms with Crippen molar-refractivity contribution < 1.29 is 18.0 Å². The van der Waals surface area contributed by atoms with E-state index in [2.05, 4.69) is 5.32 Å². The van der Waals surface area contributed by atoms with Crippen molar-refractivity contribution in [1.82, 2.24) is 10.2 Å². The van der Waals surface area contributed by atoms with Gasteiger partial charge in [-0.15, -0.1) is 0 Å². The second kappa shape index (κ2) is 13.5. The van der Waals surface area contributed by atoms with E-state index in [-0.39, 0.29) is 39.6 Å². The molecule has 1 atom stereocenters. The van der Waals surface area contributed by atoms with Crippen LogP contribution in [0.15, 0.2) is 66.7 Å². The van der Waals surface area contributed by atoms with Crippen LogP contribution in [-0.2, 0) is 32.6 Å². The van der Waals surface area contributed by atoms with Gasteiger partial charge < -0.3 is 10.2 Å². The Morgan fingerprint density at radius 3 is 2.10 bits per heavy atom. The lowest BCUT2D eigenvalue weighted by molar-refractivity contribution is -0.140. The Morgan fingerprint density at radius 1 is 0.897 bits per heavy atom. The maximum Gasteiger partial charge on any atom is 0.244 e. The molecule has 0 aromatic heterocycles. The van der Waals surface area contributed by atoms with Crippen molar-refractivity contribution in [1.29, 1.82) is 0 Å². The third-order valence-corrected chi connectivity index (χ3v) is 8.18. The number of aryl methyl sites for hydroxylation is 1. The highest BCUT2D eigenvalue weighted by Gasteiger charge is 2.33. The van der Waals surface area contributed by atoms with Crippen LogP contribution in [0.4, 0.5) is 5.69 Å². The molecule has 0 aliphatic heterocycles. The van der Waals surface area contributed by atoms with Crippen molar-refractivity contribution in [2.75, 3.05) is 23.7 Å². The van der Waals surface area contributed by atoms with Gasteiger partial charge in [-0.3, -0.25) is 13.9 Å². The number of benzene rings is 3. The van der Waals surface area contributed by atoms with E-state index in [4.69, 9.17) is 34.8 Å². The lowest BCUT2D eigenvalue weighted by Gasteiger charge is -2.33. The highest BCUT2D eigenvalue weighted by molar-refractivity contribution is 7.92. The highest BCUT2D eigenvalue weighted by atomic mass is 35.5. The molecular weight excluding hydrogens is 581 g/mol. The van der Waals surface area contributed by atoms with E-state index in [9.17, 15) is 18.0 Å². The number of carbonyl (C=O) groups excluding carboxylic acids is 2. The standard InChI is InChI=1S/C28H30Cl3N3O4S/c1-4-32-28(36)26(14-20-8-6-5-7-9-20)33(17-21-12-10-19(2)11-13-21)27(35)18-34(39(3,37)38)25-16-23(30)22(29)15-24(25)31/h5-13,15-16,26H,4,14,17-18H2,1-3H3,(H,32,36). The van der Waals surface area contributed by atoms with E-state index in [1.54, 1.807) is 6.92 Å². The number of anilines is 1. The zero-order chi connectivity index (χ0) is 28.7. The minimum Gasteiger partial charge on any atom is -0.355 e. The number of amides is 2. The zero-order valence-electron chi connectivity index (χ0n) is 21.8. The third-order valence-electron chi connectivity index (χ3n) is 6.03. The van der Waals surface area contributed by atoms with Gasteiger partial charge in [0.05, 0.1) is 27.0 Å². The van der Waals surface area contributed by atoms with E-state index in [0.29, 0.717) is 6.54 Å². The van der Waals surface area contributed by atoms with Gasteiger partial charge in [0.2, 0.25) is 21.8 Å². The Labute approximate surface area is 244 Å². The van der Waals surface area contributed by atoms with Gasteiger partial charge in [-0.25, -0.2) is 8.42 Å². The fourth-order valence-corrected chi connectivity index (χ4v) is 5.58. The Hall–Kier alpha value is -2.78. The first-order chi connectivity index (χ1) is 18.4. The number of hydrogen-bond donors (Lipinski definition) is 1. The molecule has 1 N–H and O–H groups in total. The lowest BCUT2D eigenvalue weighted by atomic mass is 10.0. The smallest absolute Gasteiger partial charge is 0.244 e. The van der Waals surface area contributed by atoms with E-state index >= 15 is 0 Å². The van der Waals surface area contributed by atoms with Crippen LogP contribution in [0.5, 0.6) is 0 Å². The Kier molecular flexibility index (Phi) is 10.7. The van der Waals surface area contributed by atoms with Gasteiger partial charge in [-0.1, -0.05) is 95.0 Å². The second-order valence-electron chi connectivity index (χ2n) is 9.09. The van der Waals surface area contributed by atoms with Crippen LogP contribution in [-0.4, -0.2) is 50.5 Å². The molecule has 1 unspecified atom stereocenters. The quantitative estimate of drug-likeness (QED) is 0.291. The van der Waals surface area contributed by atoms with Gasteiger partial charge in [0, 0.05) is 19.5 Å². The first-order valence-corrected chi connectivity index (χ1v) is 15.2. The van der Waals surface area contributed by atoms with E-state index in [1.807, 2.05) is 61.5 Å². The molecule has 0 saturated heterocycles. The molecule has 0 radical (unpaired) electrons. The molecule has 3 aromatic carbocycles. The number of rotatable bonds is 11. The fourth-order valence-electron chi connectivity index (χ4n) is 4.03. The summed E-state index contributed by atoms with van der Waals surface area (Å²) in [6, 6.07) is 18.6. The minimum atomic E-state index is -3.99. The van der Waals surface area contributed by atoms with E-state index in [1.165, 1.54) is 17.0 Å². The van der Waals surface area contributed by atoms with Gasteiger partial charge in [-0.2, -0.15) is 0 Å². The molecule has 11 heteroatoms. The van der Waals surface area contributed by atoms with Crippen LogP contribution in [0.3, 0.4) is 0 Å². The maximum absolute atomic E-state index is 14.0. The number of halogens is 3. The number of nitrogens with zero attached hydrogens (tertiary/aromatic N) is 2. The number of carbonyl (C=O) groups is 2. The maximum atomic E-state index is 14.0. The van der Waals surface area contributed by atoms with E-state index in [0.717, 1.165) is 27.3 Å². The average molecular weight is 611 g/mol. The summed E-state index contributed by atoms with van der Waals surface area (Å²) in [4.78, 5) is 28.7. The second-order valence-corrected chi connectivity index (χ2v) is 12.2. The van der Waals surface area contributed by atoms with Crippen LogP contribution in [0.1, 0.15) is 23.6 Å². The summed E-state index contributed by atoms with van der Waals surface area (Å²) in [6.07, 6.45) is 1.20. The molecule has 39 heavy (non-hydrogen) atoms. The highest BCUT2D eigenvalue weighted by Crippen LogP contribution is 2.35. The van der Waals surface area contributed by atoms with Crippen molar-refractivity contribution in [2.45, 2.75) is 32.9 Å². The number of likely N-dealkylation sites (N-methyl/N-ethyl adjacent to an activating group) is 1. The van der Waals surface area contributed by atoms with Crippen LogP contribution < -0.4 is 9.62 Å². The van der Waals surface area contributed by atoms with Crippen LogP contribution >= 0.6 is 34.8 Å². The number of nitrogens with one attached hydrogen (secondary N) is 1. The fraction of sp³-hybridized carbons (Fsp3) is 0.286. The van der Waals surface area contributed by atoms with Crippen LogP contribution in [0.25, 0.3) is 0 Å². The average Bonchev–Trinajstić information content (AvgIpc) is 2.88. The molecule has 0 heterocycles. The summed E-state index contributed by atoms with van der Waals surface area (Å²) in [5, 5.41) is 3.05. The SMILES string of the molecule is CCNC(=O)C(Cc1ccccc1)N(Cc1ccc(C)cc1)C(=O)CN(c1cc(Cl)c(Cl)cc1Cl)S(C)(=O)=O. The van der Waals surface area contributed by atoms with Gasteiger partial charge in [-0.05, 0) is 37.1 Å². The molecule has 0 aliphatic rings. The van der Waals surface area contributed by atoms with Crippen LogP contribution in [0, 0.1) is 6.92 Å². The van der Waals surface area contributed by atoms with Crippen molar-refractivity contribution in [3.8, 4) is 0 Å². The Bertz CT molecular complexity index is 1420. The minimum absolute atomic E-state index is 0.00909. The zero-order valence-corrected chi connectivity index (χ0v) is 24.9. The summed E-state index contributed by atoms with van der Waals surface area (Å²) in [5.41, 5.74) is 2.69. The molecule has 7 nitrogen and oxygen atoms in total. The molecule has 0 spiro atoms. The van der Waals surface area contributed by atoms with Crippen molar-refractivity contribution in [2.24, 2.45) is 0 Å². The third kappa shape index (κ3) is 8.35. The molecule has 0 bridgehead atoms. The lowest BCUT2D eigenvalue weighted by Crippen LogP contribution is -2.53. The summed E-state index contributed by atoms with van der Waals surface area (Å²) in [7, 11) is -3.99. The van der Waals surface area contributed by atoms with Crippen molar-refractivity contribution in [3.63, 3.8) is 0 Å². The predicted octanol–water partition coefficient (Wildman–Crippen LogP) is 5.50. The van der Waals surface area contributed by atoms with Gasteiger partial charge in [0.1, 0.15) is 12.6 Å². The van der Waals surface area contributed by atoms with Gasteiger partial charge >= 0.3 is 0 Å². The van der Waals surface area contributed by atoms with Crippen LogP contribution in [0.2, 0.25) is 15.1 Å². The summed E-state index contributed by atoms with van der Waals surface area (Å²) >= 11 is 18.5. The molecule has 2 amide bonds.